The average Bonchev–Trinajstić information content (AvgIpc) is 2.35. The van der Waals surface area contributed by atoms with Gasteiger partial charge in [-0.1, -0.05) is 26.7 Å². The van der Waals surface area contributed by atoms with Crippen molar-refractivity contribution < 1.29 is 5.21 Å². The summed E-state index contributed by atoms with van der Waals surface area (Å²) in [4.78, 5) is 16.1. The maximum atomic E-state index is 11.9. The van der Waals surface area contributed by atoms with Gasteiger partial charge in [-0.25, -0.2) is 4.98 Å². The zero-order valence-electron chi connectivity index (χ0n) is 10.8. The van der Waals surface area contributed by atoms with Gasteiger partial charge in [-0.3, -0.25) is 4.79 Å². The summed E-state index contributed by atoms with van der Waals surface area (Å²) in [7, 11) is 0. The molecule has 2 aliphatic heterocycles. The lowest BCUT2D eigenvalue weighted by Gasteiger charge is -2.16. The summed E-state index contributed by atoms with van der Waals surface area (Å²) in [6.45, 7) is 4.14. The van der Waals surface area contributed by atoms with Crippen molar-refractivity contribution in [1.82, 2.24) is 9.71 Å². The Labute approximate surface area is 106 Å². The Kier molecular flexibility index (Phi) is 3.65. The fourth-order valence-electron chi connectivity index (χ4n) is 2.31. The summed E-state index contributed by atoms with van der Waals surface area (Å²) < 4.78 is 1.04. The van der Waals surface area contributed by atoms with Gasteiger partial charge in [-0.05, 0) is 25.0 Å². The van der Waals surface area contributed by atoms with Gasteiger partial charge in [0.1, 0.15) is 0 Å². The average molecular weight is 246 g/mol. The van der Waals surface area contributed by atoms with Gasteiger partial charge in [-0.15, -0.1) is 0 Å². The molecule has 0 radical (unpaired) electrons. The van der Waals surface area contributed by atoms with E-state index in [0.29, 0.717) is 11.3 Å². The van der Waals surface area contributed by atoms with E-state index in [1.807, 2.05) is 0 Å². The monoisotopic (exact) mass is 246 g/mol. The number of aromatic nitrogens is 2. The molecule has 4 heteroatoms. The van der Waals surface area contributed by atoms with Crippen LogP contribution in [0.1, 0.15) is 37.9 Å². The van der Waals surface area contributed by atoms with Crippen molar-refractivity contribution in [2.75, 3.05) is 0 Å². The van der Waals surface area contributed by atoms with Gasteiger partial charge in [0.15, 0.2) is 0 Å². The van der Waals surface area contributed by atoms with E-state index in [0.717, 1.165) is 41.7 Å². The lowest BCUT2D eigenvalue weighted by Crippen LogP contribution is -2.20. The minimum Gasteiger partial charge on any atom is -0.428 e. The maximum Gasteiger partial charge on any atom is 0.279 e. The minimum atomic E-state index is -0.253. The lowest BCUT2D eigenvalue weighted by atomic mass is 9.98. The third kappa shape index (κ3) is 2.10. The van der Waals surface area contributed by atoms with Crippen LogP contribution in [0.25, 0.3) is 11.3 Å². The third-order valence-electron chi connectivity index (χ3n) is 3.06. The van der Waals surface area contributed by atoms with Crippen molar-refractivity contribution in [2.24, 2.45) is 0 Å². The Bertz CT molecular complexity index is 575. The molecule has 1 N–H and O–H groups in total. The molecule has 0 aromatic carbocycles. The van der Waals surface area contributed by atoms with E-state index in [9.17, 15) is 10.0 Å². The van der Waals surface area contributed by atoms with Gasteiger partial charge < -0.3 is 5.21 Å². The van der Waals surface area contributed by atoms with Crippen LogP contribution in [0, 0.1) is 0 Å². The van der Waals surface area contributed by atoms with E-state index in [1.165, 1.54) is 0 Å². The van der Waals surface area contributed by atoms with Crippen LogP contribution in [-0.4, -0.2) is 14.9 Å². The Morgan fingerprint density at radius 2 is 2.00 bits per heavy atom. The van der Waals surface area contributed by atoms with Crippen molar-refractivity contribution >= 4 is 0 Å². The van der Waals surface area contributed by atoms with E-state index in [1.54, 1.807) is 18.3 Å². The van der Waals surface area contributed by atoms with Crippen LogP contribution < -0.4 is 5.56 Å². The highest BCUT2D eigenvalue weighted by molar-refractivity contribution is 5.64. The molecule has 0 aromatic heterocycles. The number of pyridine rings is 2. The molecule has 0 aromatic rings. The number of hydrogen-bond acceptors (Lipinski definition) is 3. The van der Waals surface area contributed by atoms with Crippen LogP contribution in [0.4, 0.5) is 0 Å². The molecule has 0 amide bonds. The van der Waals surface area contributed by atoms with Crippen molar-refractivity contribution in [1.29, 1.82) is 0 Å². The molecule has 2 rings (SSSR count). The molecule has 0 spiro atoms. The molecule has 0 unspecified atom stereocenters. The van der Waals surface area contributed by atoms with Crippen LogP contribution >= 0.6 is 0 Å². The fourth-order valence-corrected chi connectivity index (χ4v) is 2.31. The van der Waals surface area contributed by atoms with Gasteiger partial charge in [0.25, 0.3) is 5.56 Å². The second-order valence-electron chi connectivity index (χ2n) is 4.46. The minimum absolute atomic E-state index is 0.253. The van der Waals surface area contributed by atoms with Crippen LogP contribution in [-0.2, 0) is 12.8 Å². The highest BCUT2D eigenvalue weighted by atomic mass is 16.5. The molecular weight excluding hydrogens is 228 g/mol. The summed E-state index contributed by atoms with van der Waals surface area (Å²) in [6, 6.07) is 3.37. The van der Waals surface area contributed by atoms with E-state index in [-0.39, 0.29) is 5.56 Å². The largest absolute Gasteiger partial charge is 0.428 e. The number of aryl methyl sites for hydroxylation is 1. The second-order valence-corrected chi connectivity index (χ2v) is 4.46. The molecule has 18 heavy (non-hydrogen) atoms. The van der Waals surface area contributed by atoms with E-state index < -0.39 is 0 Å². The molecule has 0 bridgehead atoms. The zero-order valence-corrected chi connectivity index (χ0v) is 10.8. The quantitative estimate of drug-likeness (QED) is 0.843. The topological polar surface area (TPSA) is 55.1 Å². The van der Waals surface area contributed by atoms with Crippen molar-refractivity contribution in [3.63, 3.8) is 0 Å². The Balaban J connectivity index is 2.77. The number of fused-ring (bicyclic) bond motifs is 1. The molecule has 0 aliphatic carbocycles. The Hall–Kier alpha value is -1.84. The van der Waals surface area contributed by atoms with Gasteiger partial charge in [-0.2, -0.15) is 4.73 Å². The SMILES string of the molecule is CCCc1nc(=O)c2cccn(O)c-2c1CCC. The molecule has 4 nitrogen and oxygen atoms in total. The first-order valence-corrected chi connectivity index (χ1v) is 6.41. The second kappa shape index (κ2) is 5.21. The molecule has 2 heterocycles. The summed E-state index contributed by atoms with van der Waals surface area (Å²) in [5.74, 6) is 0. The Morgan fingerprint density at radius 3 is 2.67 bits per heavy atom. The van der Waals surface area contributed by atoms with Crippen LogP contribution in [0.5, 0.6) is 0 Å². The highest BCUT2D eigenvalue weighted by Gasteiger charge is 2.19. The number of nitrogens with zero attached hydrogens (tertiary/aromatic N) is 2. The lowest BCUT2D eigenvalue weighted by molar-refractivity contribution is 0.188. The third-order valence-corrected chi connectivity index (χ3v) is 3.06. The van der Waals surface area contributed by atoms with Crippen LogP contribution in [0.3, 0.4) is 0 Å². The molecule has 96 valence electrons. The molecule has 0 fully saturated rings. The maximum absolute atomic E-state index is 11.9. The fraction of sp³-hybridized carbons (Fsp3) is 0.429. The molecular formula is C14H18N2O2. The normalized spacial score (nSPS) is 11.0. The summed E-state index contributed by atoms with van der Waals surface area (Å²) in [5.41, 5.74) is 2.67. The smallest absolute Gasteiger partial charge is 0.279 e. The van der Waals surface area contributed by atoms with E-state index >= 15 is 0 Å². The van der Waals surface area contributed by atoms with Crippen LogP contribution in [0.2, 0.25) is 0 Å². The molecule has 2 aliphatic rings. The standard InChI is InChI=1S/C14H18N2O2/c1-3-6-10-12(7-4-2)15-14(17)11-8-5-9-16(18)13(10)11/h5,8-9,18H,3-4,6-7H2,1-2H3. The summed E-state index contributed by atoms with van der Waals surface area (Å²) in [6.07, 6.45) is 5.04. The summed E-state index contributed by atoms with van der Waals surface area (Å²) in [5, 5.41) is 9.95. The van der Waals surface area contributed by atoms with Crippen molar-refractivity contribution in [2.45, 2.75) is 39.5 Å². The summed E-state index contributed by atoms with van der Waals surface area (Å²) >= 11 is 0. The van der Waals surface area contributed by atoms with Gasteiger partial charge in [0.05, 0.1) is 17.0 Å². The van der Waals surface area contributed by atoms with Gasteiger partial charge in [0, 0.05) is 11.8 Å². The predicted octanol–water partition coefficient (Wildman–Crippen LogP) is 2.49. The van der Waals surface area contributed by atoms with Crippen LogP contribution in [0.15, 0.2) is 23.1 Å². The predicted molar refractivity (Wildman–Crippen MR) is 70.3 cm³/mol. The van der Waals surface area contributed by atoms with Gasteiger partial charge >= 0.3 is 0 Å². The zero-order chi connectivity index (χ0) is 13.1. The molecule has 0 saturated carbocycles. The first kappa shape index (κ1) is 12.6. The molecule has 0 saturated heterocycles. The molecule has 0 atom stereocenters. The highest BCUT2D eigenvalue weighted by Crippen LogP contribution is 2.25. The van der Waals surface area contributed by atoms with Crippen molar-refractivity contribution in [3.8, 4) is 11.3 Å². The Morgan fingerprint density at radius 1 is 1.28 bits per heavy atom. The first-order valence-electron chi connectivity index (χ1n) is 6.41. The van der Waals surface area contributed by atoms with Gasteiger partial charge in [0.2, 0.25) is 0 Å². The first-order chi connectivity index (χ1) is 8.69. The number of hydrogen-bond donors (Lipinski definition) is 1. The van der Waals surface area contributed by atoms with E-state index in [4.69, 9.17) is 0 Å². The number of rotatable bonds is 4. The van der Waals surface area contributed by atoms with E-state index in [2.05, 4.69) is 18.8 Å². The van der Waals surface area contributed by atoms with Crippen molar-refractivity contribution in [3.05, 3.63) is 39.9 Å².